The van der Waals surface area contributed by atoms with Gasteiger partial charge in [-0.25, -0.2) is 0 Å². The van der Waals surface area contributed by atoms with Crippen molar-refractivity contribution in [1.29, 1.82) is 0 Å². The molecule has 122 valence electrons. The monoisotopic (exact) mass is 312 g/mol. The maximum Gasteiger partial charge on any atom is 0.272 e. The van der Waals surface area contributed by atoms with E-state index in [0.717, 1.165) is 13.1 Å². The SMILES string of the molecule is CC(C)n1nccc1C(=O)N1CCN(C)[C@@H](c2ccccc2)C1. The summed E-state index contributed by atoms with van der Waals surface area (Å²) in [6.07, 6.45) is 1.71. The number of hydrogen-bond acceptors (Lipinski definition) is 3. The zero-order chi connectivity index (χ0) is 16.4. The molecule has 0 N–H and O–H groups in total. The number of carbonyl (C=O) groups is 1. The number of carbonyl (C=O) groups excluding carboxylic acids is 1. The van der Waals surface area contributed by atoms with Gasteiger partial charge in [-0.05, 0) is 32.5 Å². The lowest BCUT2D eigenvalue weighted by atomic mass is 10.0. The molecule has 5 nitrogen and oxygen atoms in total. The summed E-state index contributed by atoms with van der Waals surface area (Å²) in [6.45, 7) is 6.42. The van der Waals surface area contributed by atoms with E-state index in [1.165, 1.54) is 5.56 Å². The average Bonchev–Trinajstić information content (AvgIpc) is 3.05. The molecule has 0 unspecified atom stereocenters. The van der Waals surface area contributed by atoms with E-state index in [2.05, 4.69) is 41.3 Å². The van der Waals surface area contributed by atoms with E-state index in [1.807, 2.05) is 30.9 Å². The molecule has 2 heterocycles. The minimum atomic E-state index is 0.0743. The molecule has 0 spiro atoms. The molecular formula is C18H24N4O. The highest BCUT2D eigenvalue weighted by Crippen LogP contribution is 2.25. The molecular weight excluding hydrogens is 288 g/mol. The summed E-state index contributed by atoms with van der Waals surface area (Å²) in [5, 5.41) is 4.28. The average molecular weight is 312 g/mol. The molecule has 1 aliphatic heterocycles. The van der Waals surface area contributed by atoms with Crippen molar-refractivity contribution in [2.24, 2.45) is 0 Å². The highest BCUT2D eigenvalue weighted by atomic mass is 16.2. The van der Waals surface area contributed by atoms with Crippen LogP contribution in [-0.2, 0) is 0 Å². The van der Waals surface area contributed by atoms with Crippen LogP contribution in [0.2, 0.25) is 0 Å². The molecule has 2 aromatic rings. The number of nitrogens with zero attached hydrogens (tertiary/aromatic N) is 4. The van der Waals surface area contributed by atoms with Gasteiger partial charge in [-0.1, -0.05) is 30.3 Å². The summed E-state index contributed by atoms with van der Waals surface area (Å²) in [4.78, 5) is 17.2. The van der Waals surface area contributed by atoms with Crippen molar-refractivity contribution in [2.75, 3.05) is 26.7 Å². The second-order valence-electron chi connectivity index (χ2n) is 6.41. The Hall–Kier alpha value is -2.14. The second-order valence-corrected chi connectivity index (χ2v) is 6.41. The van der Waals surface area contributed by atoms with Gasteiger partial charge >= 0.3 is 0 Å². The predicted octanol–water partition coefficient (Wildman–Crippen LogP) is 2.59. The maximum atomic E-state index is 12.9. The van der Waals surface area contributed by atoms with Crippen LogP contribution in [0.25, 0.3) is 0 Å². The lowest BCUT2D eigenvalue weighted by Crippen LogP contribution is -2.49. The number of benzene rings is 1. The number of hydrogen-bond donors (Lipinski definition) is 0. The van der Waals surface area contributed by atoms with E-state index in [-0.39, 0.29) is 18.0 Å². The minimum absolute atomic E-state index is 0.0743. The van der Waals surface area contributed by atoms with E-state index in [9.17, 15) is 4.79 Å². The summed E-state index contributed by atoms with van der Waals surface area (Å²) in [5.41, 5.74) is 1.93. The van der Waals surface area contributed by atoms with Crippen molar-refractivity contribution in [3.8, 4) is 0 Å². The van der Waals surface area contributed by atoms with Crippen molar-refractivity contribution < 1.29 is 4.79 Å². The van der Waals surface area contributed by atoms with E-state index in [4.69, 9.17) is 0 Å². The molecule has 0 aliphatic carbocycles. The molecule has 1 amide bonds. The van der Waals surface area contributed by atoms with Gasteiger partial charge in [0, 0.05) is 31.9 Å². The van der Waals surface area contributed by atoms with Gasteiger partial charge in [-0.3, -0.25) is 14.4 Å². The Labute approximate surface area is 137 Å². The molecule has 1 aromatic carbocycles. The zero-order valence-corrected chi connectivity index (χ0v) is 14.0. The van der Waals surface area contributed by atoms with E-state index < -0.39 is 0 Å². The Kier molecular flexibility index (Phi) is 4.48. The Bertz CT molecular complexity index is 665. The molecule has 1 fully saturated rings. The number of rotatable bonds is 3. The van der Waals surface area contributed by atoms with Crippen molar-refractivity contribution >= 4 is 5.91 Å². The molecule has 1 aromatic heterocycles. The van der Waals surface area contributed by atoms with Gasteiger partial charge in [0.15, 0.2) is 0 Å². The molecule has 3 rings (SSSR count). The fourth-order valence-electron chi connectivity index (χ4n) is 3.15. The first-order chi connectivity index (χ1) is 11.1. The quantitative estimate of drug-likeness (QED) is 0.875. The number of likely N-dealkylation sites (N-methyl/N-ethyl adjacent to an activating group) is 1. The third-order valence-corrected chi connectivity index (χ3v) is 4.50. The van der Waals surface area contributed by atoms with Gasteiger partial charge in [0.05, 0.1) is 6.04 Å². The third kappa shape index (κ3) is 3.15. The van der Waals surface area contributed by atoms with E-state index >= 15 is 0 Å². The number of piperazine rings is 1. The minimum Gasteiger partial charge on any atom is -0.334 e. The van der Waals surface area contributed by atoms with Crippen LogP contribution in [0.3, 0.4) is 0 Å². The van der Waals surface area contributed by atoms with Crippen LogP contribution in [0, 0.1) is 0 Å². The van der Waals surface area contributed by atoms with Crippen LogP contribution >= 0.6 is 0 Å². The van der Waals surface area contributed by atoms with Gasteiger partial charge in [0.2, 0.25) is 0 Å². The first kappa shape index (κ1) is 15.7. The zero-order valence-electron chi connectivity index (χ0n) is 14.0. The summed E-state index contributed by atoms with van der Waals surface area (Å²) >= 11 is 0. The predicted molar refractivity (Wildman–Crippen MR) is 90.3 cm³/mol. The molecule has 1 aliphatic rings. The summed E-state index contributed by atoms with van der Waals surface area (Å²) in [5.74, 6) is 0.0743. The third-order valence-electron chi connectivity index (χ3n) is 4.50. The Balaban J connectivity index is 1.81. The van der Waals surface area contributed by atoms with Gasteiger partial charge in [0.25, 0.3) is 5.91 Å². The lowest BCUT2D eigenvalue weighted by molar-refractivity contribution is 0.0533. The van der Waals surface area contributed by atoms with Crippen LogP contribution in [0.4, 0.5) is 0 Å². The Morgan fingerprint density at radius 1 is 1.17 bits per heavy atom. The summed E-state index contributed by atoms with van der Waals surface area (Å²) in [6, 6.07) is 12.6. The molecule has 1 atom stereocenters. The second kappa shape index (κ2) is 6.54. The van der Waals surface area contributed by atoms with Crippen molar-refractivity contribution in [3.05, 3.63) is 53.9 Å². The van der Waals surface area contributed by atoms with Crippen LogP contribution in [0.5, 0.6) is 0 Å². The fourth-order valence-corrected chi connectivity index (χ4v) is 3.15. The number of amides is 1. The number of aromatic nitrogens is 2. The standard InChI is InChI=1S/C18H24N4O/c1-14(2)22-16(9-10-19-22)18(23)21-12-11-20(3)17(13-21)15-7-5-4-6-8-15/h4-10,14,17H,11-13H2,1-3H3/t17-/m1/s1. The smallest absolute Gasteiger partial charge is 0.272 e. The van der Waals surface area contributed by atoms with Crippen LogP contribution in [0.1, 0.15) is 42.0 Å². The summed E-state index contributed by atoms with van der Waals surface area (Å²) in [7, 11) is 2.12. The van der Waals surface area contributed by atoms with Crippen LogP contribution in [-0.4, -0.2) is 52.2 Å². The normalized spacial score (nSPS) is 19.3. The maximum absolute atomic E-state index is 12.9. The van der Waals surface area contributed by atoms with Crippen molar-refractivity contribution in [2.45, 2.75) is 25.9 Å². The van der Waals surface area contributed by atoms with Crippen molar-refractivity contribution in [3.63, 3.8) is 0 Å². The van der Waals surface area contributed by atoms with Gasteiger partial charge in [-0.2, -0.15) is 5.10 Å². The summed E-state index contributed by atoms with van der Waals surface area (Å²) < 4.78 is 1.80. The van der Waals surface area contributed by atoms with Gasteiger partial charge < -0.3 is 4.90 Å². The van der Waals surface area contributed by atoms with E-state index in [1.54, 1.807) is 10.9 Å². The van der Waals surface area contributed by atoms with Crippen LogP contribution in [0.15, 0.2) is 42.6 Å². The van der Waals surface area contributed by atoms with E-state index in [0.29, 0.717) is 12.2 Å². The van der Waals surface area contributed by atoms with Crippen molar-refractivity contribution in [1.82, 2.24) is 19.6 Å². The molecule has 0 saturated carbocycles. The molecule has 1 saturated heterocycles. The molecule has 0 radical (unpaired) electrons. The lowest BCUT2D eigenvalue weighted by Gasteiger charge is -2.39. The first-order valence-electron chi connectivity index (χ1n) is 8.16. The fraction of sp³-hybridized carbons (Fsp3) is 0.444. The van der Waals surface area contributed by atoms with Gasteiger partial charge in [-0.15, -0.1) is 0 Å². The highest BCUT2D eigenvalue weighted by Gasteiger charge is 2.30. The van der Waals surface area contributed by atoms with Crippen LogP contribution < -0.4 is 0 Å². The molecule has 5 heteroatoms. The molecule has 0 bridgehead atoms. The highest BCUT2D eigenvalue weighted by molar-refractivity contribution is 5.92. The van der Waals surface area contributed by atoms with Gasteiger partial charge in [0.1, 0.15) is 5.69 Å². The topological polar surface area (TPSA) is 41.4 Å². The molecule has 23 heavy (non-hydrogen) atoms. The first-order valence-corrected chi connectivity index (χ1v) is 8.16. The Morgan fingerprint density at radius 3 is 2.61 bits per heavy atom. The largest absolute Gasteiger partial charge is 0.334 e. The Morgan fingerprint density at radius 2 is 1.91 bits per heavy atom.